The molecular formula is C40H34N2O4. The number of rotatable bonds is 6. The van der Waals surface area contributed by atoms with Gasteiger partial charge in [-0.1, -0.05) is 60.7 Å². The summed E-state index contributed by atoms with van der Waals surface area (Å²) in [5.41, 5.74) is 4.86. The second-order valence-electron chi connectivity index (χ2n) is 11.2. The van der Waals surface area contributed by atoms with Gasteiger partial charge in [-0.2, -0.15) is 0 Å². The normalized spacial score (nSPS) is 16.3. The van der Waals surface area contributed by atoms with E-state index in [1.54, 1.807) is 24.8 Å². The number of fused-ring (bicyclic) bond motifs is 2. The lowest BCUT2D eigenvalue weighted by atomic mass is 9.97. The Hall–Kier alpha value is -5.62. The van der Waals surface area contributed by atoms with Gasteiger partial charge in [-0.3, -0.25) is 9.97 Å². The fourth-order valence-electron chi connectivity index (χ4n) is 5.75. The van der Waals surface area contributed by atoms with Crippen LogP contribution in [0.1, 0.15) is 47.3 Å². The summed E-state index contributed by atoms with van der Waals surface area (Å²) < 4.78 is 24.0. The Morgan fingerprint density at radius 1 is 0.457 bits per heavy atom. The van der Waals surface area contributed by atoms with Crippen molar-refractivity contribution in [1.29, 1.82) is 0 Å². The number of pyridine rings is 2. The highest BCUT2D eigenvalue weighted by molar-refractivity contribution is 5.45. The van der Waals surface area contributed by atoms with Crippen LogP contribution in [-0.2, 0) is 12.8 Å². The molecule has 2 atom stereocenters. The summed E-state index contributed by atoms with van der Waals surface area (Å²) in [6.07, 6.45) is 11.1. The Balaban J connectivity index is 0.000000147. The lowest BCUT2D eigenvalue weighted by Gasteiger charge is -2.26. The minimum absolute atomic E-state index is 0.135. The van der Waals surface area contributed by atoms with Gasteiger partial charge in [0.15, 0.2) is 0 Å². The molecule has 0 saturated carbocycles. The summed E-state index contributed by atoms with van der Waals surface area (Å²) in [6, 6.07) is 40.2. The molecule has 46 heavy (non-hydrogen) atoms. The molecule has 228 valence electrons. The molecule has 2 aliphatic rings. The van der Waals surface area contributed by atoms with Crippen LogP contribution in [-0.4, -0.2) is 9.97 Å². The third-order valence-corrected chi connectivity index (χ3v) is 8.07. The van der Waals surface area contributed by atoms with Crippen LogP contribution in [0.4, 0.5) is 0 Å². The summed E-state index contributed by atoms with van der Waals surface area (Å²) in [6.45, 7) is 0. The quantitative estimate of drug-likeness (QED) is 0.188. The van der Waals surface area contributed by atoms with Crippen LogP contribution in [0.25, 0.3) is 0 Å². The smallest absolute Gasteiger partial charge is 0.130 e. The molecule has 4 heterocycles. The summed E-state index contributed by atoms with van der Waals surface area (Å²) >= 11 is 0. The summed E-state index contributed by atoms with van der Waals surface area (Å²) in [5.74, 6) is 5.14. The van der Waals surface area contributed by atoms with E-state index in [-0.39, 0.29) is 12.2 Å². The second-order valence-corrected chi connectivity index (χ2v) is 11.2. The molecule has 0 saturated heterocycles. The summed E-state index contributed by atoms with van der Waals surface area (Å²) in [5, 5.41) is 0. The zero-order valence-electron chi connectivity index (χ0n) is 25.4. The standard InChI is InChI=1S/2C20H17NO2/c2*1-2-4-15(5-3-1)19-8-6-16-14-18(7-9-20(16)23-19)22-17-10-12-21-13-11-17/h2*1-5,7,9-14,19H,6,8H2. The number of ether oxygens (including phenoxy) is 4. The third-order valence-electron chi connectivity index (χ3n) is 8.07. The Labute approximate surface area is 269 Å². The van der Waals surface area contributed by atoms with E-state index < -0.39 is 0 Å². The first-order valence-electron chi connectivity index (χ1n) is 15.6. The molecule has 0 fully saturated rings. The van der Waals surface area contributed by atoms with Crippen molar-refractivity contribution in [1.82, 2.24) is 9.97 Å². The summed E-state index contributed by atoms with van der Waals surface area (Å²) in [4.78, 5) is 7.99. The number of aromatic nitrogens is 2. The molecule has 6 heteroatoms. The van der Waals surface area contributed by atoms with E-state index in [1.165, 1.54) is 22.3 Å². The van der Waals surface area contributed by atoms with Gasteiger partial charge in [0.1, 0.15) is 46.7 Å². The van der Waals surface area contributed by atoms with Crippen LogP contribution in [0.5, 0.6) is 34.5 Å². The highest BCUT2D eigenvalue weighted by Gasteiger charge is 2.23. The van der Waals surface area contributed by atoms with Gasteiger partial charge in [0, 0.05) is 24.8 Å². The Morgan fingerprint density at radius 2 is 0.870 bits per heavy atom. The van der Waals surface area contributed by atoms with Crippen molar-refractivity contribution >= 4 is 0 Å². The number of nitrogens with zero attached hydrogens (tertiary/aromatic N) is 2. The fraction of sp³-hybridized carbons (Fsp3) is 0.150. The fourth-order valence-corrected chi connectivity index (χ4v) is 5.75. The molecule has 6 nitrogen and oxygen atoms in total. The number of aryl methyl sites for hydroxylation is 2. The highest BCUT2D eigenvalue weighted by atomic mass is 16.5. The molecule has 2 aromatic heterocycles. The molecular weight excluding hydrogens is 572 g/mol. The average Bonchev–Trinajstić information content (AvgIpc) is 3.13. The van der Waals surface area contributed by atoms with Gasteiger partial charge < -0.3 is 18.9 Å². The molecule has 0 bridgehead atoms. The van der Waals surface area contributed by atoms with Gasteiger partial charge in [-0.05, 0) is 109 Å². The van der Waals surface area contributed by atoms with Crippen molar-refractivity contribution in [2.45, 2.75) is 37.9 Å². The van der Waals surface area contributed by atoms with E-state index in [2.05, 4.69) is 70.6 Å². The maximum atomic E-state index is 6.16. The Morgan fingerprint density at radius 3 is 1.28 bits per heavy atom. The van der Waals surface area contributed by atoms with Crippen LogP contribution in [0.2, 0.25) is 0 Å². The first-order chi connectivity index (χ1) is 22.8. The zero-order valence-corrected chi connectivity index (χ0v) is 25.4. The minimum atomic E-state index is 0.135. The maximum absolute atomic E-state index is 6.16. The van der Waals surface area contributed by atoms with Gasteiger partial charge in [0.2, 0.25) is 0 Å². The molecule has 8 rings (SSSR count). The second kappa shape index (κ2) is 14.0. The van der Waals surface area contributed by atoms with Crippen LogP contribution in [0.3, 0.4) is 0 Å². The SMILES string of the molecule is c1ccc(C2CCc3cc(Oc4ccncc4)ccc3O2)cc1.c1ccc(C2CCc3cc(Oc4ccncc4)ccc3O2)cc1. The first-order valence-corrected chi connectivity index (χ1v) is 15.6. The molecule has 4 aromatic carbocycles. The Kier molecular flexibility index (Phi) is 8.86. The van der Waals surface area contributed by atoms with Crippen LogP contribution < -0.4 is 18.9 Å². The topological polar surface area (TPSA) is 62.7 Å². The van der Waals surface area contributed by atoms with Crippen molar-refractivity contribution in [2.75, 3.05) is 0 Å². The van der Waals surface area contributed by atoms with Gasteiger partial charge in [-0.15, -0.1) is 0 Å². The van der Waals surface area contributed by atoms with Crippen molar-refractivity contribution < 1.29 is 18.9 Å². The first kappa shape index (κ1) is 29.1. The predicted molar refractivity (Wildman–Crippen MR) is 178 cm³/mol. The van der Waals surface area contributed by atoms with E-state index in [9.17, 15) is 0 Å². The van der Waals surface area contributed by atoms with Gasteiger partial charge in [-0.25, -0.2) is 0 Å². The van der Waals surface area contributed by atoms with Crippen LogP contribution >= 0.6 is 0 Å². The molecule has 2 unspecified atom stereocenters. The zero-order chi connectivity index (χ0) is 31.0. The van der Waals surface area contributed by atoms with Crippen molar-refractivity contribution in [3.63, 3.8) is 0 Å². The van der Waals surface area contributed by atoms with Gasteiger partial charge in [0.25, 0.3) is 0 Å². The molecule has 0 N–H and O–H groups in total. The van der Waals surface area contributed by atoms with E-state index in [0.29, 0.717) is 0 Å². The monoisotopic (exact) mass is 606 g/mol. The van der Waals surface area contributed by atoms with Crippen molar-refractivity contribution in [3.05, 3.63) is 168 Å². The molecule has 0 amide bonds. The van der Waals surface area contributed by atoms with Gasteiger partial charge >= 0.3 is 0 Å². The molecule has 0 spiro atoms. The molecule has 6 aromatic rings. The Bertz CT molecular complexity index is 1710. The summed E-state index contributed by atoms with van der Waals surface area (Å²) in [7, 11) is 0. The minimum Gasteiger partial charge on any atom is -0.485 e. The maximum Gasteiger partial charge on any atom is 0.130 e. The van der Waals surface area contributed by atoms with E-state index in [1.807, 2.05) is 60.7 Å². The van der Waals surface area contributed by atoms with Crippen LogP contribution in [0, 0.1) is 0 Å². The van der Waals surface area contributed by atoms with Crippen molar-refractivity contribution in [3.8, 4) is 34.5 Å². The predicted octanol–water partition coefficient (Wildman–Crippen LogP) is 9.88. The van der Waals surface area contributed by atoms with Gasteiger partial charge in [0.05, 0.1) is 0 Å². The lowest BCUT2D eigenvalue weighted by Crippen LogP contribution is -2.15. The highest BCUT2D eigenvalue weighted by Crippen LogP contribution is 2.39. The number of benzene rings is 4. The molecule has 0 radical (unpaired) electrons. The van der Waals surface area contributed by atoms with Crippen molar-refractivity contribution in [2.24, 2.45) is 0 Å². The largest absolute Gasteiger partial charge is 0.485 e. The van der Waals surface area contributed by atoms with E-state index in [4.69, 9.17) is 18.9 Å². The van der Waals surface area contributed by atoms with E-state index in [0.717, 1.165) is 60.2 Å². The molecule has 0 aliphatic carbocycles. The van der Waals surface area contributed by atoms with E-state index >= 15 is 0 Å². The third kappa shape index (κ3) is 7.19. The average molecular weight is 607 g/mol. The number of hydrogen-bond donors (Lipinski definition) is 0. The number of hydrogen-bond acceptors (Lipinski definition) is 6. The molecule has 2 aliphatic heterocycles. The van der Waals surface area contributed by atoms with Crippen LogP contribution in [0.15, 0.2) is 146 Å². The lowest BCUT2D eigenvalue weighted by molar-refractivity contribution is 0.176.